The summed E-state index contributed by atoms with van der Waals surface area (Å²) < 4.78 is 5.34. The predicted molar refractivity (Wildman–Crippen MR) is 84.6 cm³/mol. The maximum absolute atomic E-state index is 12.4. The number of aryl methyl sites for hydroxylation is 1. The van der Waals surface area contributed by atoms with E-state index in [0.29, 0.717) is 23.1 Å². The number of pyridine rings is 1. The summed E-state index contributed by atoms with van der Waals surface area (Å²) in [6.45, 7) is 4.94. The van der Waals surface area contributed by atoms with Crippen molar-refractivity contribution < 1.29 is 9.21 Å². The van der Waals surface area contributed by atoms with Crippen molar-refractivity contribution in [1.82, 2.24) is 15.6 Å². The highest BCUT2D eigenvalue weighted by atomic mass is 16.3. The lowest BCUT2D eigenvalue weighted by molar-refractivity contribution is 0.0924. The molecule has 1 fully saturated rings. The van der Waals surface area contributed by atoms with Crippen LogP contribution in [0, 0.1) is 6.92 Å². The zero-order valence-corrected chi connectivity index (χ0v) is 12.9. The highest BCUT2D eigenvalue weighted by Crippen LogP contribution is 2.19. The van der Waals surface area contributed by atoms with Crippen molar-refractivity contribution in [3.8, 4) is 11.5 Å². The lowest BCUT2D eigenvalue weighted by atomic mass is 10.00. The molecule has 0 spiro atoms. The van der Waals surface area contributed by atoms with Gasteiger partial charge in [0.05, 0.1) is 17.5 Å². The Hall–Kier alpha value is -2.14. The van der Waals surface area contributed by atoms with Crippen LogP contribution in [0.25, 0.3) is 11.5 Å². The Kier molecular flexibility index (Phi) is 4.24. The minimum atomic E-state index is -0.0462. The van der Waals surface area contributed by atoms with Crippen LogP contribution in [0.15, 0.2) is 34.9 Å². The second-order valence-corrected chi connectivity index (χ2v) is 5.86. The summed E-state index contributed by atoms with van der Waals surface area (Å²) >= 11 is 0. The zero-order chi connectivity index (χ0) is 15.5. The fourth-order valence-electron chi connectivity index (χ4n) is 2.89. The number of amides is 1. The average molecular weight is 299 g/mol. The summed E-state index contributed by atoms with van der Waals surface area (Å²) in [5, 5.41) is 6.50. The largest absolute Gasteiger partial charge is 0.463 e. The third kappa shape index (κ3) is 3.20. The van der Waals surface area contributed by atoms with Crippen molar-refractivity contribution in [2.75, 3.05) is 6.54 Å². The molecule has 5 nitrogen and oxygen atoms in total. The van der Waals surface area contributed by atoms with Crippen molar-refractivity contribution in [2.24, 2.45) is 0 Å². The fourth-order valence-corrected chi connectivity index (χ4v) is 2.89. The van der Waals surface area contributed by atoms with E-state index in [1.807, 2.05) is 31.2 Å². The number of carbonyl (C=O) groups excluding carboxylic acids is 1. The lowest BCUT2D eigenvalue weighted by Crippen LogP contribution is -2.46. The molecule has 3 heterocycles. The standard InChI is InChI=1S/C17H21N3O2/c1-11-10-13(7-8-18-11)20-17(21)14-5-6-15(19-12(14)2)16-4-3-9-22-16/h3-6,9,11,13,18H,7-8,10H2,1-2H3,(H,20,21). The fraction of sp³-hybridized carbons (Fsp3) is 0.412. The number of aromatic nitrogens is 1. The molecule has 116 valence electrons. The van der Waals surface area contributed by atoms with Gasteiger partial charge in [0.1, 0.15) is 5.69 Å². The molecule has 0 aromatic carbocycles. The van der Waals surface area contributed by atoms with Crippen molar-refractivity contribution in [1.29, 1.82) is 0 Å². The van der Waals surface area contributed by atoms with E-state index >= 15 is 0 Å². The molecule has 22 heavy (non-hydrogen) atoms. The van der Waals surface area contributed by atoms with Gasteiger partial charge in [-0.2, -0.15) is 0 Å². The van der Waals surface area contributed by atoms with Crippen LogP contribution in [-0.4, -0.2) is 29.5 Å². The highest BCUT2D eigenvalue weighted by molar-refractivity contribution is 5.95. The first-order valence-electron chi connectivity index (χ1n) is 7.69. The van der Waals surface area contributed by atoms with Crippen LogP contribution in [-0.2, 0) is 0 Å². The van der Waals surface area contributed by atoms with Crippen molar-refractivity contribution in [2.45, 2.75) is 38.8 Å². The molecule has 2 N–H and O–H groups in total. The number of nitrogens with one attached hydrogen (secondary N) is 2. The van der Waals surface area contributed by atoms with E-state index in [2.05, 4.69) is 22.5 Å². The maximum atomic E-state index is 12.4. The molecule has 0 saturated carbocycles. The van der Waals surface area contributed by atoms with Gasteiger partial charge in [0, 0.05) is 12.1 Å². The number of rotatable bonds is 3. The number of hydrogen-bond acceptors (Lipinski definition) is 4. The van der Waals surface area contributed by atoms with E-state index in [4.69, 9.17) is 4.42 Å². The first kappa shape index (κ1) is 14.8. The van der Waals surface area contributed by atoms with E-state index in [1.54, 1.807) is 6.26 Å². The molecule has 2 aromatic rings. The van der Waals surface area contributed by atoms with Gasteiger partial charge in [-0.1, -0.05) is 0 Å². The summed E-state index contributed by atoms with van der Waals surface area (Å²) in [5.41, 5.74) is 2.09. The molecule has 5 heteroatoms. The normalized spacial score (nSPS) is 21.5. The monoisotopic (exact) mass is 299 g/mol. The van der Waals surface area contributed by atoms with Crippen LogP contribution < -0.4 is 10.6 Å². The minimum absolute atomic E-state index is 0.0462. The molecule has 1 amide bonds. The molecule has 0 aliphatic carbocycles. The van der Waals surface area contributed by atoms with Crippen LogP contribution in [0.4, 0.5) is 0 Å². The Morgan fingerprint density at radius 3 is 2.95 bits per heavy atom. The molecule has 3 rings (SSSR count). The third-order valence-corrected chi connectivity index (χ3v) is 4.06. The number of nitrogens with zero attached hydrogens (tertiary/aromatic N) is 1. The van der Waals surface area contributed by atoms with Crippen molar-refractivity contribution >= 4 is 5.91 Å². The molecule has 1 saturated heterocycles. The molecule has 2 aromatic heterocycles. The molecule has 0 radical (unpaired) electrons. The topological polar surface area (TPSA) is 67.2 Å². The first-order valence-corrected chi connectivity index (χ1v) is 7.69. The number of hydrogen-bond donors (Lipinski definition) is 2. The van der Waals surface area contributed by atoms with Gasteiger partial charge in [-0.3, -0.25) is 4.79 Å². The van der Waals surface area contributed by atoms with Gasteiger partial charge in [0.25, 0.3) is 5.91 Å². The molecule has 2 atom stereocenters. The molecular formula is C17H21N3O2. The van der Waals surface area contributed by atoms with E-state index in [1.165, 1.54) is 0 Å². The smallest absolute Gasteiger partial charge is 0.253 e. The number of carbonyl (C=O) groups is 1. The molecule has 1 aliphatic heterocycles. The van der Waals surface area contributed by atoms with Gasteiger partial charge in [-0.25, -0.2) is 4.98 Å². The second kappa shape index (κ2) is 6.32. The Morgan fingerprint density at radius 1 is 1.41 bits per heavy atom. The van der Waals surface area contributed by atoms with Gasteiger partial charge in [-0.15, -0.1) is 0 Å². The first-order chi connectivity index (χ1) is 10.6. The van der Waals surface area contributed by atoms with Gasteiger partial charge in [-0.05, 0) is 57.5 Å². The van der Waals surface area contributed by atoms with Gasteiger partial charge in [0.15, 0.2) is 5.76 Å². The summed E-state index contributed by atoms with van der Waals surface area (Å²) in [4.78, 5) is 16.9. The van der Waals surface area contributed by atoms with Gasteiger partial charge in [0.2, 0.25) is 0 Å². The molecular weight excluding hydrogens is 278 g/mol. The van der Waals surface area contributed by atoms with Crippen molar-refractivity contribution in [3.63, 3.8) is 0 Å². The van der Waals surface area contributed by atoms with Crippen LogP contribution >= 0.6 is 0 Å². The summed E-state index contributed by atoms with van der Waals surface area (Å²) in [5.74, 6) is 0.664. The van der Waals surface area contributed by atoms with Crippen LogP contribution in [0.3, 0.4) is 0 Å². The average Bonchev–Trinajstić information content (AvgIpc) is 3.01. The number of furan rings is 1. The van der Waals surface area contributed by atoms with Crippen LogP contribution in [0.5, 0.6) is 0 Å². The second-order valence-electron chi connectivity index (χ2n) is 5.86. The Labute approximate surface area is 130 Å². The van der Waals surface area contributed by atoms with E-state index in [0.717, 1.165) is 25.1 Å². The number of piperidine rings is 1. The Balaban J connectivity index is 1.72. The minimum Gasteiger partial charge on any atom is -0.463 e. The summed E-state index contributed by atoms with van der Waals surface area (Å²) in [6.07, 6.45) is 3.54. The zero-order valence-electron chi connectivity index (χ0n) is 12.9. The molecule has 0 bridgehead atoms. The van der Waals surface area contributed by atoms with E-state index in [-0.39, 0.29) is 11.9 Å². The quantitative estimate of drug-likeness (QED) is 0.914. The van der Waals surface area contributed by atoms with Crippen LogP contribution in [0.1, 0.15) is 35.8 Å². The maximum Gasteiger partial charge on any atom is 0.253 e. The van der Waals surface area contributed by atoms with Gasteiger partial charge >= 0.3 is 0 Å². The highest BCUT2D eigenvalue weighted by Gasteiger charge is 2.21. The SMILES string of the molecule is Cc1nc(-c2ccco2)ccc1C(=O)NC1CCNC(C)C1. The lowest BCUT2D eigenvalue weighted by Gasteiger charge is -2.28. The Bertz CT molecular complexity index is 652. The molecule has 2 unspecified atom stereocenters. The predicted octanol–water partition coefficient (Wildman–Crippen LogP) is 2.52. The summed E-state index contributed by atoms with van der Waals surface area (Å²) in [7, 11) is 0. The molecule has 1 aliphatic rings. The Morgan fingerprint density at radius 2 is 2.27 bits per heavy atom. The van der Waals surface area contributed by atoms with Crippen LogP contribution in [0.2, 0.25) is 0 Å². The van der Waals surface area contributed by atoms with E-state index < -0.39 is 0 Å². The summed E-state index contributed by atoms with van der Waals surface area (Å²) in [6, 6.07) is 8.00. The van der Waals surface area contributed by atoms with Crippen molar-refractivity contribution in [3.05, 3.63) is 41.8 Å². The van der Waals surface area contributed by atoms with Gasteiger partial charge < -0.3 is 15.1 Å². The third-order valence-electron chi connectivity index (χ3n) is 4.06. The van der Waals surface area contributed by atoms with E-state index in [9.17, 15) is 4.79 Å².